The number of rotatable bonds is 16. The molecule has 6 N–H and O–H groups in total. The Morgan fingerprint density at radius 2 is 1.60 bits per heavy atom. The third kappa shape index (κ3) is 12.7. The van der Waals surface area contributed by atoms with Gasteiger partial charge in [-0.15, -0.1) is 0 Å². The van der Waals surface area contributed by atoms with Crippen LogP contribution in [-0.4, -0.2) is 133 Å². The molecule has 0 spiro atoms. The lowest BCUT2D eigenvalue weighted by Crippen LogP contribution is -2.51. The second-order valence-corrected chi connectivity index (χ2v) is 14.2. The summed E-state index contributed by atoms with van der Waals surface area (Å²) in [6, 6.07) is 3.76. The molecule has 2 aliphatic heterocycles. The van der Waals surface area contributed by atoms with Crippen molar-refractivity contribution >= 4 is 41.0 Å². The summed E-state index contributed by atoms with van der Waals surface area (Å²) in [6.07, 6.45) is 6.84. The molecule has 4 rings (SSSR count). The molecule has 2 fully saturated rings. The highest BCUT2D eigenvalue weighted by Gasteiger charge is 2.24. The number of pyridine rings is 1. The smallest absolute Gasteiger partial charge is 0.407 e. The summed E-state index contributed by atoms with van der Waals surface area (Å²) in [5.41, 5.74) is 0.882. The van der Waals surface area contributed by atoms with E-state index in [4.69, 9.17) is 19.9 Å². The van der Waals surface area contributed by atoms with Gasteiger partial charge in [0.25, 0.3) is 5.71 Å². The maximum absolute atomic E-state index is 13.1. The molecule has 2 saturated heterocycles. The largest absolute Gasteiger partial charge is 0.444 e. The summed E-state index contributed by atoms with van der Waals surface area (Å²) in [5.74, 6) is 1.55. The van der Waals surface area contributed by atoms with Crippen molar-refractivity contribution in [3.63, 3.8) is 0 Å². The number of amides is 2. The number of piperidine rings is 1. The lowest BCUT2D eigenvalue weighted by atomic mass is 10.1. The number of aromatic nitrogens is 3. The average Bonchev–Trinajstić information content (AvgIpc) is 3.08. The van der Waals surface area contributed by atoms with Crippen LogP contribution in [0.3, 0.4) is 0 Å². The number of alkyl carbamates (subject to hydrolysis) is 1. The van der Waals surface area contributed by atoms with E-state index in [9.17, 15) is 9.59 Å². The number of carbonyl (C=O) groups excluding carboxylic acids is 2. The molecule has 2 amide bonds. The van der Waals surface area contributed by atoms with Gasteiger partial charge in [-0.05, 0) is 79.5 Å². The van der Waals surface area contributed by atoms with E-state index in [1.165, 1.54) is 0 Å². The van der Waals surface area contributed by atoms with Crippen LogP contribution >= 0.6 is 0 Å². The molecule has 15 nitrogen and oxygen atoms in total. The van der Waals surface area contributed by atoms with Crippen molar-refractivity contribution in [2.45, 2.75) is 78.0 Å². The first-order valence-corrected chi connectivity index (χ1v) is 17.9. The van der Waals surface area contributed by atoms with E-state index in [0.717, 1.165) is 78.0 Å². The predicted octanol–water partition coefficient (Wildman–Crippen LogP) is 1.64. The minimum Gasteiger partial charge on any atom is -0.444 e. The zero-order chi connectivity index (χ0) is 36.1. The van der Waals surface area contributed by atoms with Gasteiger partial charge in [-0.2, -0.15) is 4.98 Å². The molecule has 15 heteroatoms. The maximum Gasteiger partial charge on any atom is 0.407 e. The molecular weight excluding hydrogens is 638 g/mol. The number of carbonyl (C=O) groups is 2. The van der Waals surface area contributed by atoms with Gasteiger partial charge in [-0.25, -0.2) is 20.2 Å². The molecule has 50 heavy (non-hydrogen) atoms. The van der Waals surface area contributed by atoms with E-state index >= 15 is 0 Å². The van der Waals surface area contributed by atoms with Crippen molar-refractivity contribution in [2.24, 2.45) is 0 Å². The Kier molecular flexibility index (Phi) is 14.5. The molecule has 0 bridgehead atoms. The van der Waals surface area contributed by atoms with Crippen molar-refractivity contribution in [1.82, 2.24) is 35.4 Å². The fourth-order valence-electron chi connectivity index (χ4n) is 5.93. The third-order valence-corrected chi connectivity index (χ3v) is 8.56. The summed E-state index contributed by atoms with van der Waals surface area (Å²) in [5, 5.41) is 18.9. The van der Waals surface area contributed by atoms with Crippen LogP contribution in [0.2, 0.25) is 0 Å². The minimum atomic E-state index is -0.488. The first-order chi connectivity index (χ1) is 23.9. The van der Waals surface area contributed by atoms with E-state index in [1.807, 2.05) is 40.7 Å². The molecule has 2 aromatic heterocycles. The number of nitrogens with two attached hydrogens (primary N) is 1. The maximum atomic E-state index is 13.1. The second kappa shape index (κ2) is 18.8. The molecule has 2 aromatic rings. The van der Waals surface area contributed by atoms with Crippen LogP contribution in [0.5, 0.6) is 0 Å². The lowest BCUT2D eigenvalue weighted by molar-refractivity contribution is -0.135. The molecule has 0 saturated carbocycles. The van der Waals surface area contributed by atoms with Gasteiger partial charge in [0.05, 0.1) is 17.4 Å². The van der Waals surface area contributed by atoms with Crippen LogP contribution in [0.4, 0.5) is 28.1 Å². The van der Waals surface area contributed by atoms with Crippen molar-refractivity contribution in [3.05, 3.63) is 30.1 Å². The summed E-state index contributed by atoms with van der Waals surface area (Å²) >= 11 is 0. The van der Waals surface area contributed by atoms with Gasteiger partial charge >= 0.3 is 12.0 Å². The van der Waals surface area contributed by atoms with Gasteiger partial charge in [-0.1, -0.05) is 0 Å². The fourth-order valence-corrected chi connectivity index (χ4v) is 5.93. The molecule has 276 valence electrons. The first-order valence-electron chi connectivity index (χ1n) is 17.9. The Morgan fingerprint density at radius 1 is 0.960 bits per heavy atom. The normalized spacial score (nSPS) is 16.3. The number of nitrogens with one attached hydrogen (secondary N) is 4. The van der Waals surface area contributed by atoms with Crippen LogP contribution in [0.15, 0.2) is 24.5 Å². The molecule has 0 aliphatic carbocycles. The van der Waals surface area contributed by atoms with Crippen LogP contribution in [0, 0.1) is 0 Å². The summed E-state index contributed by atoms with van der Waals surface area (Å²) in [4.78, 5) is 45.6. The van der Waals surface area contributed by atoms with Gasteiger partial charge in [0.15, 0.2) is 0 Å². The average molecular weight is 697 g/mol. The second-order valence-electron chi connectivity index (χ2n) is 14.2. The number of hydrogen-bond acceptors (Lipinski definition) is 12. The van der Waals surface area contributed by atoms with Crippen molar-refractivity contribution in [2.75, 3.05) is 88.1 Å². The molecule has 0 radical (unpaired) electrons. The van der Waals surface area contributed by atoms with Crippen LogP contribution < -0.4 is 31.6 Å². The number of nitrogens with zero attached hydrogens (tertiary/aromatic N) is 6. The topological polar surface area (TPSA) is 175 Å². The molecule has 2 aliphatic rings. The van der Waals surface area contributed by atoms with Gasteiger partial charge in [-0.3, -0.25) is 4.79 Å². The number of anilines is 4. The zero-order valence-electron chi connectivity index (χ0n) is 30.8. The standard InChI is InChI=1S/C35H57N11O4/c1-25(2)41-28-23-30(42-29-9-14-38-33(43-29)46-17-10-26(49-6)11-18-46)40-24-27(28)31(36)32(47)37-12-7-15-44-19-21-45(22-20-44)16-8-13-39-34(48)50-35(3,4)5/h9,14,23-26,36H,7-8,10-13,15-22H2,1-6H3,(H,37,47)(H,39,48)(H2,38,40,41,42,43)/p+1. The van der Waals surface area contributed by atoms with Crippen molar-refractivity contribution in [3.8, 4) is 0 Å². The number of ether oxygens (including phenoxy) is 2. The highest BCUT2D eigenvalue weighted by Crippen LogP contribution is 2.24. The molecule has 0 unspecified atom stereocenters. The van der Waals surface area contributed by atoms with Crippen LogP contribution in [0.25, 0.3) is 0 Å². The van der Waals surface area contributed by atoms with Gasteiger partial charge < -0.3 is 45.4 Å². The first kappa shape index (κ1) is 38.7. The Hall–Kier alpha value is -4.08. The van der Waals surface area contributed by atoms with E-state index < -0.39 is 5.60 Å². The highest BCUT2D eigenvalue weighted by atomic mass is 16.6. The van der Waals surface area contributed by atoms with Crippen LogP contribution in [0.1, 0.15) is 65.9 Å². The lowest BCUT2D eigenvalue weighted by Gasteiger charge is -2.34. The number of hydrogen-bond donors (Lipinski definition) is 5. The summed E-state index contributed by atoms with van der Waals surface area (Å²) in [6.45, 7) is 18.2. The predicted molar refractivity (Wildman–Crippen MR) is 196 cm³/mol. The Balaban J connectivity index is 1.20. The minimum absolute atomic E-state index is 0.106. The Bertz CT molecular complexity index is 1400. The molecule has 0 aromatic carbocycles. The van der Waals surface area contributed by atoms with Gasteiger partial charge in [0.2, 0.25) is 5.95 Å². The SMILES string of the molecule is COC1CCN(c2nccc(Nc3cc(NC(C)C)c(C(=[NH2+])C(=O)NCCCN4CCN(CCCNC(=O)OC(C)(C)C)CC4)cn3)n2)CC1. The van der Waals surface area contributed by atoms with Crippen molar-refractivity contribution < 1.29 is 24.5 Å². The third-order valence-electron chi connectivity index (χ3n) is 8.56. The van der Waals surface area contributed by atoms with E-state index in [1.54, 1.807) is 25.6 Å². The van der Waals surface area contributed by atoms with Crippen LogP contribution in [-0.2, 0) is 14.3 Å². The van der Waals surface area contributed by atoms with Crippen molar-refractivity contribution in [1.29, 1.82) is 0 Å². The van der Waals surface area contributed by atoms with E-state index in [0.29, 0.717) is 41.9 Å². The fraction of sp³-hybridized carbons (Fsp3) is 0.657. The van der Waals surface area contributed by atoms with E-state index in [2.05, 4.69) is 45.9 Å². The monoisotopic (exact) mass is 696 g/mol. The molecule has 4 heterocycles. The summed E-state index contributed by atoms with van der Waals surface area (Å²) < 4.78 is 10.8. The molecule has 0 atom stereocenters. The highest BCUT2D eigenvalue weighted by molar-refractivity contribution is 6.43. The Labute approximate surface area is 296 Å². The zero-order valence-corrected chi connectivity index (χ0v) is 30.8. The Morgan fingerprint density at radius 3 is 2.20 bits per heavy atom. The number of piperazine rings is 1. The summed E-state index contributed by atoms with van der Waals surface area (Å²) in [7, 11) is 1.76. The van der Waals surface area contributed by atoms with Gasteiger partial charge in [0, 0.05) is 84.0 Å². The quantitative estimate of drug-likeness (QED) is 0.127. The van der Waals surface area contributed by atoms with E-state index in [-0.39, 0.29) is 29.9 Å². The van der Waals surface area contributed by atoms with Gasteiger partial charge in [0.1, 0.15) is 17.2 Å². The number of methoxy groups -OCH3 is 1. The molecular formula is C35H58N11O4+.